The van der Waals surface area contributed by atoms with Crippen LogP contribution in [0.15, 0.2) is 36.7 Å². The lowest BCUT2D eigenvalue weighted by Gasteiger charge is -2.25. The van der Waals surface area contributed by atoms with Gasteiger partial charge in [-0.05, 0) is 23.6 Å². The number of ether oxygens (including phenoxy) is 1. The summed E-state index contributed by atoms with van der Waals surface area (Å²) in [7, 11) is 0. The average molecular weight is 343 g/mol. The highest BCUT2D eigenvalue weighted by molar-refractivity contribution is 5.90. The van der Waals surface area contributed by atoms with Crippen LogP contribution in [0, 0.1) is 5.92 Å². The summed E-state index contributed by atoms with van der Waals surface area (Å²) in [6, 6.07) is 7.92. The van der Waals surface area contributed by atoms with E-state index in [4.69, 9.17) is 4.74 Å². The minimum Gasteiger partial charge on any atom is -0.505 e. The maximum atomic E-state index is 12.1. The Hall–Kier alpha value is -2.63. The number of rotatable bonds is 7. The van der Waals surface area contributed by atoms with Crippen molar-refractivity contribution < 1.29 is 14.6 Å². The van der Waals surface area contributed by atoms with Crippen LogP contribution in [0.3, 0.4) is 0 Å². The number of aromatic hydroxyl groups is 1. The predicted molar refractivity (Wildman–Crippen MR) is 95.8 cm³/mol. The Bertz CT molecular complexity index is 695. The number of nitrogens with one attached hydrogen (secondary N) is 1. The first-order valence-electron chi connectivity index (χ1n) is 8.30. The van der Waals surface area contributed by atoms with Gasteiger partial charge in [-0.15, -0.1) is 0 Å². The minimum atomic E-state index is -0.370. The molecule has 1 heterocycles. The van der Waals surface area contributed by atoms with Crippen molar-refractivity contribution in [3.63, 3.8) is 0 Å². The minimum absolute atomic E-state index is 0.0334. The monoisotopic (exact) mass is 343 g/mol. The fourth-order valence-electron chi connectivity index (χ4n) is 2.19. The molecule has 2 aromatic rings. The molecular weight excluding hydrogens is 318 g/mol. The second-order valence-electron chi connectivity index (χ2n) is 7.06. The number of amides is 1. The van der Waals surface area contributed by atoms with Crippen LogP contribution >= 0.6 is 0 Å². The molecule has 1 amide bonds. The molecule has 6 heteroatoms. The van der Waals surface area contributed by atoms with Crippen molar-refractivity contribution in [1.82, 2.24) is 15.3 Å². The van der Waals surface area contributed by atoms with Crippen molar-refractivity contribution in [2.75, 3.05) is 13.2 Å². The largest absolute Gasteiger partial charge is 0.505 e. The van der Waals surface area contributed by atoms with Gasteiger partial charge in [0.1, 0.15) is 5.75 Å². The third-order valence-electron chi connectivity index (χ3n) is 3.75. The fraction of sp³-hybridized carbons (Fsp3) is 0.421. The molecule has 2 N–H and O–H groups in total. The van der Waals surface area contributed by atoms with Crippen LogP contribution in [0.5, 0.6) is 11.5 Å². The lowest BCUT2D eigenvalue weighted by Crippen LogP contribution is -2.37. The lowest BCUT2D eigenvalue weighted by atomic mass is 9.84. The van der Waals surface area contributed by atoms with Crippen molar-refractivity contribution in [2.24, 2.45) is 5.92 Å². The second-order valence-corrected chi connectivity index (χ2v) is 7.06. The molecule has 6 nitrogen and oxygen atoms in total. The van der Waals surface area contributed by atoms with E-state index in [0.717, 1.165) is 11.3 Å². The summed E-state index contributed by atoms with van der Waals surface area (Å²) < 4.78 is 5.69. The zero-order valence-electron chi connectivity index (χ0n) is 15.1. The van der Waals surface area contributed by atoms with E-state index in [1.165, 1.54) is 12.4 Å². The molecule has 0 aliphatic rings. The Balaban J connectivity index is 1.96. The zero-order valence-corrected chi connectivity index (χ0v) is 15.1. The van der Waals surface area contributed by atoms with Gasteiger partial charge in [0.15, 0.2) is 5.75 Å². The molecule has 0 fully saturated rings. The van der Waals surface area contributed by atoms with E-state index in [-0.39, 0.29) is 22.9 Å². The predicted octanol–water partition coefficient (Wildman–Crippen LogP) is 2.92. The van der Waals surface area contributed by atoms with Gasteiger partial charge in [-0.1, -0.05) is 39.8 Å². The standard InChI is InChI=1S/C19H25N3O3/c1-13(2)11-25-16-7-5-14(6-8-16)19(3,4)12-22-18(24)17-20-9-15(23)10-21-17/h5-10,13,23H,11-12H2,1-4H3,(H,22,24). The molecule has 0 radical (unpaired) electrons. The van der Waals surface area contributed by atoms with Crippen LogP contribution in [0.2, 0.25) is 0 Å². The van der Waals surface area contributed by atoms with E-state index >= 15 is 0 Å². The molecule has 0 aliphatic carbocycles. The highest BCUT2D eigenvalue weighted by Gasteiger charge is 2.22. The van der Waals surface area contributed by atoms with Gasteiger partial charge in [0.25, 0.3) is 5.91 Å². The van der Waals surface area contributed by atoms with E-state index < -0.39 is 0 Å². The summed E-state index contributed by atoms with van der Waals surface area (Å²) in [6.07, 6.45) is 2.39. The molecule has 1 aromatic carbocycles. The van der Waals surface area contributed by atoms with Gasteiger partial charge >= 0.3 is 0 Å². The summed E-state index contributed by atoms with van der Waals surface area (Å²) >= 11 is 0. The summed E-state index contributed by atoms with van der Waals surface area (Å²) in [5.74, 6) is 0.913. The quantitative estimate of drug-likeness (QED) is 0.807. The number of nitrogens with zero attached hydrogens (tertiary/aromatic N) is 2. The van der Waals surface area contributed by atoms with Gasteiger partial charge in [0.05, 0.1) is 19.0 Å². The molecule has 134 valence electrons. The molecule has 0 unspecified atom stereocenters. The number of carbonyl (C=O) groups excluding carboxylic acids is 1. The van der Waals surface area contributed by atoms with Gasteiger partial charge in [-0.25, -0.2) is 9.97 Å². The Morgan fingerprint density at radius 2 is 1.80 bits per heavy atom. The van der Waals surface area contributed by atoms with Gasteiger partial charge in [-0.3, -0.25) is 4.79 Å². The number of aromatic nitrogens is 2. The summed E-state index contributed by atoms with van der Waals surface area (Å²) in [4.78, 5) is 19.7. The average Bonchev–Trinajstić information content (AvgIpc) is 2.59. The molecule has 0 atom stereocenters. The van der Waals surface area contributed by atoms with Gasteiger partial charge < -0.3 is 15.2 Å². The summed E-state index contributed by atoms with van der Waals surface area (Å²) in [5.41, 5.74) is 0.833. The first-order valence-corrected chi connectivity index (χ1v) is 8.30. The molecular formula is C19H25N3O3. The Labute approximate surface area is 148 Å². The van der Waals surface area contributed by atoms with Gasteiger partial charge in [0, 0.05) is 12.0 Å². The third-order valence-corrected chi connectivity index (χ3v) is 3.75. The van der Waals surface area contributed by atoms with Crippen molar-refractivity contribution in [3.8, 4) is 11.5 Å². The molecule has 1 aromatic heterocycles. The first-order chi connectivity index (χ1) is 11.8. The summed E-state index contributed by atoms with van der Waals surface area (Å²) in [5, 5.41) is 12.0. The lowest BCUT2D eigenvalue weighted by molar-refractivity contribution is 0.0935. The van der Waals surface area contributed by atoms with E-state index in [1.54, 1.807) is 0 Å². The van der Waals surface area contributed by atoms with Gasteiger partial charge in [0.2, 0.25) is 5.82 Å². The SMILES string of the molecule is CC(C)COc1ccc(C(C)(C)CNC(=O)c2ncc(O)cn2)cc1. The fourth-order valence-corrected chi connectivity index (χ4v) is 2.19. The second kappa shape index (κ2) is 7.96. The zero-order chi connectivity index (χ0) is 18.4. The number of benzene rings is 1. The number of hydrogen-bond acceptors (Lipinski definition) is 5. The third kappa shape index (κ3) is 5.45. The van der Waals surface area contributed by atoms with Crippen molar-refractivity contribution in [3.05, 3.63) is 48.0 Å². The Morgan fingerprint density at radius 1 is 1.20 bits per heavy atom. The van der Waals surface area contributed by atoms with Crippen LogP contribution < -0.4 is 10.1 Å². The van der Waals surface area contributed by atoms with E-state index in [9.17, 15) is 9.90 Å². The van der Waals surface area contributed by atoms with Crippen molar-refractivity contribution >= 4 is 5.91 Å². The number of hydrogen-bond donors (Lipinski definition) is 2. The maximum absolute atomic E-state index is 12.1. The van der Waals surface area contributed by atoms with Crippen LogP contribution in [0.4, 0.5) is 0 Å². The van der Waals surface area contributed by atoms with Crippen molar-refractivity contribution in [1.29, 1.82) is 0 Å². The summed E-state index contributed by atoms with van der Waals surface area (Å²) in [6.45, 7) is 9.44. The van der Waals surface area contributed by atoms with Crippen LogP contribution in [-0.4, -0.2) is 34.1 Å². The van der Waals surface area contributed by atoms with Crippen LogP contribution in [0.1, 0.15) is 43.9 Å². The molecule has 0 spiro atoms. The molecule has 0 aliphatic heterocycles. The topological polar surface area (TPSA) is 84.3 Å². The molecule has 0 bridgehead atoms. The van der Waals surface area contributed by atoms with E-state index in [1.807, 2.05) is 24.3 Å². The Morgan fingerprint density at radius 3 is 2.36 bits per heavy atom. The first kappa shape index (κ1) is 18.7. The van der Waals surface area contributed by atoms with Crippen LogP contribution in [-0.2, 0) is 5.41 Å². The molecule has 2 rings (SSSR count). The highest BCUT2D eigenvalue weighted by Crippen LogP contribution is 2.25. The molecule has 25 heavy (non-hydrogen) atoms. The molecule has 0 saturated carbocycles. The molecule has 0 saturated heterocycles. The van der Waals surface area contributed by atoms with E-state index in [2.05, 4.69) is 43.0 Å². The van der Waals surface area contributed by atoms with Crippen LogP contribution in [0.25, 0.3) is 0 Å². The smallest absolute Gasteiger partial charge is 0.289 e. The maximum Gasteiger partial charge on any atom is 0.289 e. The normalized spacial score (nSPS) is 11.4. The Kier molecular flexibility index (Phi) is 5.96. The van der Waals surface area contributed by atoms with Crippen molar-refractivity contribution in [2.45, 2.75) is 33.1 Å². The van der Waals surface area contributed by atoms with E-state index in [0.29, 0.717) is 19.1 Å². The highest BCUT2D eigenvalue weighted by atomic mass is 16.5. The van der Waals surface area contributed by atoms with Gasteiger partial charge in [-0.2, -0.15) is 0 Å². The number of carbonyl (C=O) groups is 1.